The first kappa shape index (κ1) is 14.3. The molecule has 0 aliphatic carbocycles. The predicted octanol–water partition coefficient (Wildman–Crippen LogP) is 3.34. The van der Waals surface area contributed by atoms with Crippen LogP contribution in [0.25, 0.3) is 10.1 Å². The second kappa shape index (κ2) is 5.70. The smallest absolute Gasteiger partial charge is 0.150 e. The van der Waals surface area contributed by atoms with Gasteiger partial charge >= 0.3 is 0 Å². The Morgan fingerprint density at radius 1 is 1.00 bits per heavy atom. The van der Waals surface area contributed by atoms with E-state index in [0.29, 0.717) is 11.4 Å². The SMILES string of the molecule is Nc1ccc(N2CCN(c3nsc4ccccc34)CC2)c(F)c1. The van der Waals surface area contributed by atoms with Crippen LogP contribution in [0.15, 0.2) is 42.5 Å². The lowest BCUT2D eigenvalue weighted by Crippen LogP contribution is -2.47. The van der Waals surface area contributed by atoms with E-state index in [1.807, 2.05) is 12.1 Å². The molecule has 118 valence electrons. The fourth-order valence-corrected chi connectivity index (χ4v) is 3.84. The van der Waals surface area contributed by atoms with E-state index >= 15 is 0 Å². The van der Waals surface area contributed by atoms with Crippen LogP contribution in [0.4, 0.5) is 21.6 Å². The number of aromatic nitrogens is 1. The Hall–Kier alpha value is -2.34. The van der Waals surface area contributed by atoms with Crippen molar-refractivity contribution in [2.45, 2.75) is 0 Å². The number of nitrogen functional groups attached to an aromatic ring is 1. The van der Waals surface area contributed by atoms with Crippen molar-refractivity contribution in [2.75, 3.05) is 41.7 Å². The molecule has 4 rings (SSSR count). The van der Waals surface area contributed by atoms with Crippen molar-refractivity contribution in [1.29, 1.82) is 0 Å². The monoisotopic (exact) mass is 328 g/mol. The molecule has 4 nitrogen and oxygen atoms in total. The summed E-state index contributed by atoms with van der Waals surface area (Å²) in [6, 6.07) is 13.2. The van der Waals surface area contributed by atoms with Crippen molar-refractivity contribution in [2.24, 2.45) is 0 Å². The lowest BCUT2D eigenvalue weighted by Gasteiger charge is -2.36. The number of fused-ring (bicyclic) bond motifs is 1. The molecule has 0 unspecified atom stereocenters. The standard InChI is InChI=1S/C17H17FN4S/c18-14-11-12(19)5-6-15(14)21-7-9-22(10-8-21)17-13-3-1-2-4-16(13)23-20-17/h1-6,11H,7-10,19H2. The van der Waals surface area contributed by atoms with Crippen molar-refractivity contribution in [1.82, 2.24) is 4.37 Å². The normalized spacial score (nSPS) is 15.3. The lowest BCUT2D eigenvalue weighted by atomic mass is 10.2. The Labute approximate surface area is 138 Å². The third-order valence-corrected chi connectivity index (χ3v) is 5.07. The Kier molecular flexibility index (Phi) is 3.53. The molecule has 0 bridgehead atoms. The lowest BCUT2D eigenvalue weighted by molar-refractivity contribution is 0.598. The predicted molar refractivity (Wildman–Crippen MR) is 94.9 cm³/mol. The molecule has 0 amide bonds. The maximum atomic E-state index is 14.1. The summed E-state index contributed by atoms with van der Waals surface area (Å²) in [7, 11) is 0. The highest BCUT2D eigenvalue weighted by molar-refractivity contribution is 7.13. The summed E-state index contributed by atoms with van der Waals surface area (Å²) in [5.74, 6) is 0.792. The molecule has 1 aliphatic rings. The second-order valence-electron chi connectivity index (χ2n) is 5.69. The van der Waals surface area contributed by atoms with Gasteiger partial charge in [-0.25, -0.2) is 4.39 Å². The summed E-state index contributed by atoms with van der Waals surface area (Å²) in [6.07, 6.45) is 0. The number of hydrogen-bond donors (Lipinski definition) is 1. The van der Waals surface area contributed by atoms with Crippen LogP contribution in [-0.4, -0.2) is 30.6 Å². The van der Waals surface area contributed by atoms with Crippen LogP contribution in [0.5, 0.6) is 0 Å². The highest BCUT2D eigenvalue weighted by Gasteiger charge is 2.22. The van der Waals surface area contributed by atoms with Crippen LogP contribution in [0.3, 0.4) is 0 Å². The number of nitrogens with zero attached hydrogens (tertiary/aromatic N) is 3. The topological polar surface area (TPSA) is 45.4 Å². The number of hydrogen-bond acceptors (Lipinski definition) is 5. The molecular weight excluding hydrogens is 311 g/mol. The van der Waals surface area contributed by atoms with Gasteiger partial charge in [-0.15, -0.1) is 0 Å². The number of halogens is 1. The van der Waals surface area contributed by atoms with Crippen molar-refractivity contribution in [3.8, 4) is 0 Å². The van der Waals surface area contributed by atoms with Gasteiger partial charge in [-0.1, -0.05) is 12.1 Å². The van der Waals surface area contributed by atoms with Gasteiger partial charge in [0, 0.05) is 37.3 Å². The van der Waals surface area contributed by atoms with Gasteiger partial charge in [-0.05, 0) is 41.9 Å². The first-order valence-corrected chi connectivity index (χ1v) is 8.39. The maximum absolute atomic E-state index is 14.1. The van der Waals surface area contributed by atoms with Gasteiger partial charge in [-0.2, -0.15) is 4.37 Å². The van der Waals surface area contributed by atoms with Gasteiger partial charge in [-0.3, -0.25) is 0 Å². The summed E-state index contributed by atoms with van der Waals surface area (Å²) in [4.78, 5) is 4.35. The number of piperazine rings is 1. The van der Waals surface area contributed by atoms with E-state index in [1.165, 1.54) is 27.7 Å². The number of rotatable bonds is 2. The van der Waals surface area contributed by atoms with Crippen LogP contribution in [0.1, 0.15) is 0 Å². The van der Waals surface area contributed by atoms with Gasteiger partial charge in [0.25, 0.3) is 0 Å². The Morgan fingerprint density at radius 2 is 1.74 bits per heavy atom. The molecule has 1 aliphatic heterocycles. The molecule has 0 spiro atoms. The van der Waals surface area contributed by atoms with Crippen LogP contribution >= 0.6 is 11.5 Å². The molecule has 1 fully saturated rings. The molecule has 6 heteroatoms. The number of nitrogens with two attached hydrogens (primary N) is 1. The summed E-state index contributed by atoms with van der Waals surface area (Å²) in [6.45, 7) is 3.20. The average Bonchev–Trinajstić information content (AvgIpc) is 2.99. The minimum Gasteiger partial charge on any atom is -0.399 e. The van der Waals surface area contributed by atoms with E-state index in [2.05, 4.69) is 26.3 Å². The number of benzene rings is 2. The zero-order valence-electron chi connectivity index (χ0n) is 12.6. The van der Waals surface area contributed by atoms with E-state index in [9.17, 15) is 4.39 Å². The van der Waals surface area contributed by atoms with E-state index in [-0.39, 0.29) is 5.82 Å². The van der Waals surface area contributed by atoms with E-state index < -0.39 is 0 Å². The van der Waals surface area contributed by atoms with Crippen LogP contribution < -0.4 is 15.5 Å². The minimum atomic E-state index is -0.252. The van der Waals surface area contributed by atoms with Crippen LogP contribution in [0, 0.1) is 5.82 Å². The summed E-state index contributed by atoms with van der Waals surface area (Å²) >= 11 is 1.53. The molecular formula is C17H17FN4S. The molecule has 0 radical (unpaired) electrons. The Morgan fingerprint density at radius 3 is 2.52 bits per heavy atom. The highest BCUT2D eigenvalue weighted by Crippen LogP contribution is 2.31. The van der Waals surface area contributed by atoms with Gasteiger partial charge < -0.3 is 15.5 Å². The average molecular weight is 328 g/mol. The van der Waals surface area contributed by atoms with Gasteiger partial charge in [0.2, 0.25) is 0 Å². The molecule has 0 atom stereocenters. The fourth-order valence-electron chi connectivity index (χ4n) is 3.04. The van der Waals surface area contributed by atoms with E-state index in [4.69, 9.17) is 5.73 Å². The van der Waals surface area contributed by atoms with Crippen LogP contribution in [0.2, 0.25) is 0 Å². The van der Waals surface area contributed by atoms with Gasteiger partial charge in [0.15, 0.2) is 0 Å². The largest absolute Gasteiger partial charge is 0.399 e. The first-order chi connectivity index (χ1) is 11.2. The summed E-state index contributed by atoms with van der Waals surface area (Å²) in [5, 5.41) is 1.20. The zero-order valence-corrected chi connectivity index (χ0v) is 13.4. The Balaban J connectivity index is 1.53. The van der Waals surface area contributed by atoms with Crippen molar-refractivity contribution < 1.29 is 4.39 Å². The molecule has 1 saturated heterocycles. The summed E-state index contributed by atoms with van der Waals surface area (Å²) in [5.41, 5.74) is 6.71. The third kappa shape index (κ3) is 2.59. The van der Waals surface area contributed by atoms with Gasteiger partial charge in [0.1, 0.15) is 11.6 Å². The fraction of sp³-hybridized carbons (Fsp3) is 0.235. The maximum Gasteiger partial charge on any atom is 0.150 e. The van der Waals surface area contributed by atoms with Crippen molar-refractivity contribution >= 4 is 38.8 Å². The molecule has 0 saturated carbocycles. The quantitative estimate of drug-likeness (QED) is 0.733. The molecule has 1 aromatic heterocycles. The highest BCUT2D eigenvalue weighted by atomic mass is 32.1. The van der Waals surface area contributed by atoms with Crippen molar-refractivity contribution in [3.63, 3.8) is 0 Å². The first-order valence-electron chi connectivity index (χ1n) is 7.62. The second-order valence-corrected chi connectivity index (χ2v) is 6.49. The summed E-state index contributed by atoms with van der Waals surface area (Å²) < 4.78 is 19.9. The molecule has 3 aromatic rings. The molecule has 2 heterocycles. The number of anilines is 3. The van der Waals surface area contributed by atoms with E-state index in [0.717, 1.165) is 32.0 Å². The van der Waals surface area contributed by atoms with Crippen LogP contribution in [-0.2, 0) is 0 Å². The third-order valence-electron chi connectivity index (χ3n) is 4.25. The Bertz CT molecular complexity index is 839. The molecule has 23 heavy (non-hydrogen) atoms. The molecule has 2 aromatic carbocycles. The van der Waals surface area contributed by atoms with Crippen molar-refractivity contribution in [3.05, 3.63) is 48.3 Å². The van der Waals surface area contributed by atoms with Gasteiger partial charge in [0.05, 0.1) is 10.4 Å². The molecule has 2 N–H and O–H groups in total. The van der Waals surface area contributed by atoms with E-state index in [1.54, 1.807) is 12.1 Å². The zero-order chi connectivity index (χ0) is 15.8. The minimum absolute atomic E-state index is 0.252.